The number of nitrogens with one attached hydrogen (secondary N) is 2. The van der Waals surface area contributed by atoms with E-state index in [4.69, 9.17) is 9.47 Å². The third kappa shape index (κ3) is 4.72. The molecule has 1 aliphatic rings. The molecule has 160 valence electrons. The van der Waals surface area contributed by atoms with Gasteiger partial charge < -0.3 is 19.7 Å². The summed E-state index contributed by atoms with van der Waals surface area (Å²) in [6.45, 7) is 4.09. The number of methoxy groups -OCH3 is 2. The van der Waals surface area contributed by atoms with Gasteiger partial charge in [0.2, 0.25) is 0 Å². The third-order valence-corrected chi connectivity index (χ3v) is 5.26. The molecule has 0 unspecified atom stereocenters. The number of fused-ring (bicyclic) bond motifs is 1. The smallest absolute Gasteiger partial charge is 0.162 e. The van der Waals surface area contributed by atoms with Crippen molar-refractivity contribution in [3.8, 4) is 23.3 Å². The fourth-order valence-electron chi connectivity index (χ4n) is 3.67. The Kier molecular flexibility index (Phi) is 6.22. The van der Waals surface area contributed by atoms with Gasteiger partial charge in [-0.05, 0) is 44.0 Å². The SMILES string of the molecule is CC=CN1CCC(Nc2ncnc3[nH]nc(C#Cc4cc(OC)cc(OC)c4)c23)CC1. The Morgan fingerprint density at radius 2 is 1.84 bits per heavy atom. The largest absolute Gasteiger partial charge is 0.497 e. The van der Waals surface area contributed by atoms with Crippen molar-refractivity contribution in [3.63, 3.8) is 0 Å². The highest BCUT2D eigenvalue weighted by Crippen LogP contribution is 2.25. The first kappa shape index (κ1) is 20.5. The maximum absolute atomic E-state index is 5.32. The molecule has 0 atom stereocenters. The first-order chi connectivity index (χ1) is 15.2. The van der Waals surface area contributed by atoms with Gasteiger partial charge in [0, 0.05) is 30.8 Å². The molecule has 2 N–H and O–H groups in total. The van der Waals surface area contributed by atoms with Crippen molar-refractivity contribution in [3.05, 3.63) is 48.1 Å². The van der Waals surface area contributed by atoms with Gasteiger partial charge in [-0.25, -0.2) is 9.97 Å². The van der Waals surface area contributed by atoms with Crippen LogP contribution in [0, 0.1) is 11.8 Å². The summed E-state index contributed by atoms with van der Waals surface area (Å²) < 4.78 is 10.6. The summed E-state index contributed by atoms with van der Waals surface area (Å²) in [5, 5.41) is 11.7. The van der Waals surface area contributed by atoms with Gasteiger partial charge in [-0.2, -0.15) is 5.10 Å². The predicted octanol–water partition coefficient (Wildman–Crippen LogP) is 3.18. The molecule has 31 heavy (non-hydrogen) atoms. The summed E-state index contributed by atoms with van der Waals surface area (Å²) in [7, 11) is 3.23. The van der Waals surface area contributed by atoms with Crippen LogP contribution in [-0.4, -0.2) is 58.4 Å². The zero-order chi connectivity index (χ0) is 21.6. The molecule has 1 aromatic carbocycles. The Labute approximate surface area is 181 Å². The number of H-pyrrole nitrogens is 1. The van der Waals surface area contributed by atoms with Gasteiger partial charge in [0.25, 0.3) is 0 Å². The lowest BCUT2D eigenvalue weighted by atomic mass is 10.1. The number of likely N-dealkylation sites (tertiary alicyclic amines) is 1. The van der Waals surface area contributed by atoms with Crippen LogP contribution in [-0.2, 0) is 0 Å². The van der Waals surface area contributed by atoms with E-state index in [9.17, 15) is 0 Å². The third-order valence-electron chi connectivity index (χ3n) is 5.26. The number of allylic oxidation sites excluding steroid dienone is 1. The van der Waals surface area contributed by atoms with Crippen LogP contribution in [0.25, 0.3) is 11.0 Å². The van der Waals surface area contributed by atoms with E-state index in [0.717, 1.165) is 42.7 Å². The Morgan fingerprint density at radius 1 is 1.10 bits per heavy atom. The minimum absolute atomic E-state index is 0.345. The normalized spacial score (nSPS) is 14.5. The van der Waals surface area contributed by atoms with Gasteiger partial charge in [-0.15, -0.1) is 0 Å². The van der Waals surface area contributed by atoms with E-state index >= 15 is 0 Å². The second-order valence-electron chi connectivity index (χ2n) is 7.31. The highest BCUT2D eigenvalue weighted by Gasteiger charge is 2.20. The van der Waals surface area contributed by atoms with Gasteiger partial charge in [-0.1, -0.05) is 12.0 Å². The van der Waals surface area contributed by atoms with Crippen molar-refractivity contribution in [2.45, 2.75) is 25.8 Å². The number of anilines is 1. The maximum Gasteiger partial charge on any atom is 0.162 e. The van der Waals surface area contributed by atoms with Crippen LogP contribution in [0.15, 0.2) is 36.8 Å². The van der Waals surface area contributed by atoms with E-state index in [1.54, 1.807) is 20.5 Å². The average molecular weight is 419 g/mol. The number of hydrogen-bond donors (Lipinski definition) is 2. The van der Waals surface area contributed by atoms with Gasteiger partial charge in [0.05, 0.1) is 19.6 Å². The lowest BCUT2D eigenvalue weighted by Crippen LogP contribution is -2.36. The molecule has 1 fully saturated rings. The molecule has 3 heterocycles. The Hall–Kier alpha value is -3.73. The Bertz CT molecular complexity index is 1110. The van der Waals surface area contributed by atoms with E-state index in [2.05, 4.69) is 54.5 Å². The van der Waals surface area contributed by atoms with E-state index in [0.29, 0.717) is 28.9 Å². The Morgan fingerprint density at radius 3 is 2.52 bits per heavy atom. The zero-order valence-corrected chi connectivity index (χ0v) is 18.0. The van der Waals surface area contributed by atoms with Crippen molar-refractivity contribution < 1.29 is 9.47 Å². The molecule has 8 heteroatoms. The van der Waals surface area contributed by atoms with E-state index in [1.165, 1.54) is 0 Å². The number of ether oxygens (including phenoxy) is 2. The quantitative estimate of drug-likeness (QED) is 0.615. The van der Waals surface area contributed by atoms with Crippen LogP contribution < -0.4 is 14.8 Å². The second kappa shape index (κ2) is 9.39. The van der Waals surface area contributed by atoms with Gasteiger partial charge in [-0.3, -0.25) is 5.10 Å². The number of piperidine rings is 1. The summed E-state index contributed by atoms with van der Waals surface area (Å²) in [6, 6.07) is 5.88. The van der Waals surface area contributed by atoms with Crippen LogP contribution in [0.5, 0.6) is 11.5 Å². The molecule has 4 rings (SSSR count). The van der Waals surface area contributed by atoms with Crippen LogP contribution in [0.2, 0.25) is 0 Å². The lowest BCUT2D eigenvalue weighted by Gasteiger charge is -2.31. The standard InChI is InChI=1S/C23H26N6O2/c1-4-9-29-10-7-17(8-11-29)26-22-21-20(27-28-23(21)25-15-24-22)6-5-16-12-18(30-2)14-19(13-16)31-3/h4,9,12-15,17H,7-8,10-11H2,1-3H3,(H2,24,25,26,27,28). The molecule has 0 amide bonds. The lowest BCUT2D eigenvalue weighted by molar-refractivity contribution is 0.293. The van der Waals surface area contributed by atoms with E-state index in [1.807, 2.05) is 25.1 Å². The predicted molar refractivity (Wildman–Crippen MR) is 120 cm³/mol. The van der Waals surface area contributed by atoms with Crippen molar-refractivity contribution in [2.24, 2.45) is 0 Å². The molecule has 0 spiro atoms. The monoisotopic (exact) mass is 418 g/mol. The van der Waals surface area contributed by atoms with Crippen molar-refractivity contribution in [1.82, 2.24) is 25.1 Å². The summed E-state index contributed by atoms with van der Waals surface area (Å²) in [5.41, 5.74) is 2.04. The van der Waals surface area contributed by atoms with Gasteiger partial charge in [0.1, 0.15) is 29.3 Å². The fraction of sp³-hybridized carbons (Fsp3) is 0.348. The molecule has 3 aromatic rings. The van der Waals surface area contributed by atoms with Crippen LogP contribution in [0.3, 0.4) is 0 Å². The summed E-state index contributed by atoms with van der Waals surface area (Å²) in [4.78, 5) is 11.1. The maximum atomic E-state index is 5.32. The molecule has 1 saturated heterocycles. The second-order valence-corrected chi connectivity index (χ2v) is 7.31. The van der Waals surface area contributed by atoms with Crippen LogP contribution in [0.4, 0.5) is 5.82 Å². The van der Waals surface area contributed by atoms with Crippen molar-refractivity contribution in [2.75, 3.05) is 32.6 Å². The van der Waals surface area contributed by atoms with Crippen LogP contribution in [0.1, 0.15) is 31.0 Å². The topological polar surface area (TPSA) is 88.2 Å². The van der Waals surface area contributed by atoms with Gasteiger partial charge in [0.15, 0.2) is 5.65 Å². The highest BCUT2D eigenvalue weighted by molar-refractivity contribution is 5.91. The number of rotatable bonds is 5. The molecule has 1 aliphatic heterocycles. The van der Waals surface area contributed by atoms with Crippen molar-refractivity contribution >= 4 is 16.9 Å². The fourth-order valence-corrected chi connectivity index (χ4v) is 3.67. The molecule has 8 nitrogen and oxygen atoms in total. The summed E-state index contributed by atoms with van der Waals surface area (Å²) in [6.07, 6.45) is 7.85. The number of aromatic nitrogens is 4. The highest BCUT2D eigenvalue weighted by atomic mass is 16.5. The first-order valence-corrected chi connectivity index (χ1v) is 10.3. The minimum atomic E-state index is 0.345. The minimum Gasteiger partial charge on any atom is -0.497 e. The molecule has 0 aliphatic carbocycles. The Balaban J connectivity index is 1.59. The molecule has 2 aromatic heterocycles. The number of nitrogens with zero attached hydrogens (tertiary/aromatic N) is 4. The number of benzene rings is 1. The molecule has 0 saturated carbocycles. The zero-order valence-electron chi connectivity index (χ0n) is 18.0. The van der Waals surface area contributed by atoms with E-state index < -0.39 is 0 Å². The first-order valence-electron chi connectivity index (χ1n) is 10.3. The van der Waals surface area contributed by atoms with Crippen LogP contribution >= 0.6 is 0 Å². The molecule has 0 bridgehead atoms. The number of aromatic amines is 1. The molecular formula is C23H26N6O2. The number of hydrogen-bond acceptors (Lipinski definition) is 7. The average Bonchev–Trinajstić information content (AvgIpc) is 3.23. The molecular weight excluding hydrogens is 392 g/mol. The van der Waals surface area contributed by atoms with Crippen molar-refractivity contribution in [1.29, 1.82) is 0 Å². The van der Waals surface area contributed by atoms with E-state index in [-0.39, 0.29) is 0 Å². The summed E-state index contributed by atoms with van der Waals surface area (Å²) >= 11 is 0. The summed E-state index contributed by atoms with van der Waals surface area (Å²) in [5.74, 6) is 8.43. The van der Waals surface area contributed by atoms with Gasteiger partial charge >= 0.3 is 0 Å². The molecule has 0 radical (unpaired) electrons.